The van der Waals surface area contributed by atoms with Crippen molar-refractivity contribution in [3.63, 3.8) is 0 Å². The van der Waals surface area contributed by atoms with Crippen LogP contribution in [0, 0.1) is 0 Å². The molecular formula is C14H15BO4. The zero-order chi connectivity index (χ0) is 13.7. The third kappa shape index (κ3) is 3.65. The highest BCUT2D eigenvalue weighted by Gasteiger charge is 2.27. The predicted octanol–water partition coefficient (Wildman–Crippen LogP) is 1.45. The van der Waals surface area contributed by atoms with Crippen molar-refractivity contribution in [1.82, 2.24) is 0 Å². The predicted molar refractivity (Wildman–Crippen MR) is 71.9 cm³/mol. The van der Waals surface area contributed by atoms with Crippen LogP contribution in [0.5, 0.6) is 0 Å². The first-order chi connectivity index (χ1) is 9.18. The summed E-state index contributed by atoms with van der Waals surface area (Å²) in [5.41, 5.74) is 1.32. The van der Waals surface area contributed by atoms with Gasteiger partial charge in [-0.2, -0.15) is 0 Å². The molecule has 0 bridgehead atoms. The van der Waals surface area contributed by atoms with Gasteiger partial charge < -0.3 is 19.8 Å². The summed E-state index contributed by atoms with van der Waals surface area (Å²) in [4.78, 5) is 0. The Bertz CT molecular complexity index is 489. The molecule has 0 aliphatic heterocycles. The van der Waals surface area contributed by atoms with Crippen LogP contribution in [0.1, 0.15) is 23.3 Å². The van der Waals surface area contributed by atoms with Gasteiger partial charge in [0, 0.05) is 0 Å². The normalized spacial score (nSPS) is 13.8. The Morgan fingerprint density at radius 1 is 0.789 bits per heavy atom. The van der Waals surface area contributed by atoms with Crippen LogP contribution in [0.2, 0.25) is 0 Å². The average molecular weight is 258 g/mol. The molecule has 0 aliphatic rings. The number of aliphatic hydroxyl groups is 1. The van der Waals surface area contributed by atoms with Crippen LogP contribution in [0.4, 0.5) is 0 Å². The van der Waals surface area contributed by atoms with E-state index in [1.165, 1.54) is 0 Å². The Hall–Kier alpha value is -1.66. The fourth-order valence-electron chi connectivity index (χ4n) is 1.93. The van der Waals surface area contributed by atoms with Crippen molar-refractivity contribution in [3.05, 3.63) is 71.8 Å². The molecule has 0 radical (unpaired) electrons. The maximum absolute atomic E-state index is 10.3. The minimum Gasteiger partial charge on any atom is -0.402 e. The van der Waals surface area contributed by atoms with E-state index in [1.54, 1.807) is 48.5 Å². The third-order valence-electron chi connectivity index (χ3n) is 2.82. The SMILES string of the molecule is OB(O)OC(c1ccccc1)C(O)c1ccccc1. The average Bonchev–Trinajstić information content (AvgIpc) is 2.46. The van der Waals surface area contributed by atoms with Crippen molar-refractivity contribution >= 4 is 7.32 Å². The third-order valence-corrected chi connectivity index (χ3v) is 2.82. The van der Waals surface area contributed by atoms with Crippen molar-refractivity contribution in [1.29, 1.82) is 0 Å². The van der Waals surface area contributed by atoms with Gasteiger partial charge in [-0.15, -0.1) is 0 Å². The monoisotopic (exact) mass is 258 g/mol. The van der Waals surface area contributed by atoms with Crippen LogP contribution >= 0.6 is 0 Å². The Kier molecular flexibility index (Phi) is 4.71. The zero-order valence-corrected chi connectivity index (χ0v) is 10.3. The minimum absolute atomic E-state index is 0.650. The molecule has 5 heteroatoms. The van der Waals surface area contributed by atoms with Crippen LogP contribution in [-0.2, 0) is 4.65 Å². The maximum Gasteiger partial charge on any atom is 0.634 e. The maximum atomic E-state index is 10.3. The standard InChI is InChI=1S/C14H15BO4/c16-13(11-7-3-1-4-8-11)14(19-15(17)18)12-9-5-2-6-10-12/h1-10,13-14,16-18H. The van der Waals surface area contributed by atoms with Crippen molar-refractivity contribution in [3.8, 4) is 0 Å². The lowest BCUT2D eigenvalue weighted by atomic mass is 9.97. The molecule has 0 saturated heterocycles. The highest BCUT2D eigenvalue weighted by molar-refractivity contribution is 6.32. The van der Waals surface area contributed by atoms with Crippen LogP contribution in [0.3, 0.4) is 0 Å². The number of rotatable bonds is 5. The summed E-state index contributed by atoms with van der Waals surface area (Å²) >= 11 is 0. The Morgan fingerprint density at radius 2 is 1.26 bits per heavy atom. The summed E-state index contributed by atoms with van der Waals surface area (Å²) < 4.78 is 5.01. The summed E-state index contributed by atoms with van der Waals surface area (Å²) in [6, 6.07) is 17.9. The van der Waals surface area contributed by atoms with E-state index in [-0.39, 0.29) is 0 Å². The van der Waals surface area contributed by atoms with Crippen molar-refractivity contribution in [2.45, 2.75) is 12.2 Å². The molecule has 2 unspecified atom stereocenters. The van der Waals surface area contributed by atoms with Gasteiger partial charge in [-0.25, -0.2) is 0 Å². The van der Waals surface area contributed by atoms with E-state index >= 15 is 0 Å². The van der Waals surface area contributed by atoms with Crippen LogP contribution in [0.15, 0.2) is 60.7 Å². The van der Waals surface area contributed by atoms with Crippen molar-refractivity contribution in [2.24, 2.45) is 0 Å². The number of benzene rings is 2. The summed E-state index contributed by atoms with van der Waals surface area (Å²) in [5.74, 6) is 0. The van der Waals surface area contributed by atoms with Gasteiger partial charge in [0.05, 0.1) is 0 Å². The zero-order valence-electron chi connectivity index (χ0n) is 10.3. The molecule has 4 nitrogen and oxygen atoms in total. The Morgan fingerprint density at radius 3 is 1.74 bits per heavy atom. The topological polar surface area (TPSA) is 69.9 Å². The van der Waals surface area contributed by atoms with Gasteiger partial charge in [-0.05, 0) is 11.1 Å². The quantitative estimate of drug-likeness (QED) is 0.710. The lowest BCUT2D eigenvalue weighted by Crippen LogP contribution is -2.25. The summed E-state index contributed by atoms with van der Waals surface area (Å²) in [6.45, 7) is 0. The smallest absolute Gasteiger partial charge is 0.402 e. The Labute approximate surface area is 112 Å². The van der Waals surface area contributed by atoms with E-state index in [1.807, 2.05) is 12.1 Å². The molecule has 2 aromatic rings. The fourth-order valence-corrected chi connectivity index (χ4v) is 1.93. The largest absolute Gasteiger partial charge is 0.634 e. The van der Waals surface area contributed by atoms with Crippen molar-refractivity contribution in [2.75, 3.05) is 0 Å². The second kappa shape index (κ2) is 6.49. The minimum atomic E-state index is -1.94. The first kappa shape index (κ1) is 13.8. The molecule has 0 saturated carbocycles. The fraction of sp³-hybridized carbons (Fsp3) is 0.143. The summed E-state index contributed by atoms with van der Waals surface area (Å²) in [5, 5.41) is 28.3. The molecule has 0 aliphatic carbocycles. The van der Waals surface area contributed by atoms with Gasteiger partial charge in [-0.3, -0.25) is 0 Å². The van der Waals surface area contributed by atoms with E-state index in [9.17, 15) is 5.11 Å². The molecule has 98 valence electrons. The summed E-state index contributed by atoms with van der Waals surface area (Å²) in [6.07, 6.45) is -1.83. The second-order valence-electron chi connectivity index (χ2n) is 4.15. The second-order valence-corrected chi connectivity index (χ2v) is 4.15. The molecule has 2 aromatic carbocycles. The van der Waals surface area contributed by atoms with Gasteiger partial charge in [0.1, 0.15) is 12.2 Å². The van der Waals surface area contributed by atoms with Crippen LogP contribution < -0.4 is 0 Å². The molecule has 0 heterocycles. The highest BCUT2D eigenvalue weighted by atomic mass is 16.6. The molecule has 0 aromatic heterocycles. The molecule has 0 fully saturated rings. The molecule has 2 atom stereocenters. The first-order valence-corrected chi connectivity index (χ1v) is 5.98. The van der Waals surface area contributed by atoms with Gasteiger partial charge in [0.15, 0.2) is 0 Å². The van der Waals surface area contributed by atoms with Gasteiger partial charge in [0.25, 0.3) is 0 Å². The lowest BCUT2D eigenvalue weighted by Gasteiger charge is -2.24. The van der Waals surface area contributed by atoms with Crippen LogP contribution in [-0.4, -0.2) is 22.5 Å². The lowest BCUT2D eigenvalue weighted by molar-refractivity contribution is 0.00504. The number of hydrogen-bond acceptors (Lipinski definition) is 4. The number of hydrogen-bond donors (Lipinski definition) is 3. The Balaban J connectivity index is 2.28. The molecule has 0 spiro atoms. The first-order valence-electron chi connectivity index (χ1n) is 5.98. The van der Waals surface area contributed by atoms with E-state index < -0.39 is 19.5 Å². The van der Waals surface area contributed by atoms with Gasteiger partial charge in [-0.1, -0.05) is 60.7 Å². The molecule has 19 heavy (non-hydrogen) atoms. The molecule has 3 N–H and O–H groups in total. The van der Waals surface area contributed by atoms with Gasteiger partial charge in [0.2, 0.25) is 0 Å². The van der Waals surface area contributed by atoms with Gasteiger partial charge >= 0.3 is 7.32 Å². The highest BCUT2D eigenvalue weighted by Crippen LogP contribution is 2.31. The molecule has 2 rings (SSSR count). The van der Waals surface area contributed by atoms with E-state index in [0.29, 0.717) is 11.1 Å². The van der Waals surface area contributed by atoms with Crippen molar-refractivity contribution < 1.29 is 19.8 Å². The van der Waals surface area contributed by atoms with Crippen LogP contribution in [0.25, 0.3) is 0 Å². The molecule has 0 amide bonds. The van der Waals surface area contributed by atoms with E-state index in [2.05, 4.69) is 0 Å². The summed E-state index contributed by atoms with van der Waals surface area (Å²) in [7, 11) is -1.94. The van der Waals surface area contributed by atoms with E-state index in [4.69, 9.17) is 14.7 Å². The van der Waals surface area contributed by atoms with E-state index in [0.717, 1.165) is 0 Å². The number of aliphatic hydroxyl groups excluding tert-OH is 1. The molecular weight excluding hydrogens is 243 g/mol.